The zero-order valence-electron chi connectivity index (χ0n) is 7.52. The number of hydrogen-bond donors (Lipinski definition) is 0. The van der Waals surface area contributed by atoms with Gasteiger partial charge >= 0.3 is 0 Å². The molecule has 1 saturated carbocycles. The van der Waals surface area contributed by atoms with Crippen molar-refractivity contribution in [3.05, 3.63) is 12.7 Å². The van der Waals surface area contributed by atoms with E-state index in [1.165, 1.54) is 36.6 Å². The van der Waals surface area contributed by atoms with Gasteiger partial charge in [0, 0.05) is 5.92 Å². The number of hydrogen-bond acceptors (Lipinski definition) is 3. The second-order valence-corrected chi connectivity index (χ2v) is 3.51. The predicted molar refractivity (Wildman–Crippen MR) is 47.2 cm³/mol. The van der Waals surface area contributed by atoms with Crippen molar-refractivity contribution in [3.8, 4) is 0 Å². The standard InChI is InChI=1S/C9H13N3O/c13-9(12-7-10-6-11-12)8-4-2-1-3-5-8/h6-8H,1-5H2. The van der Waals surface area contributed by atoms with Crippen LogP contribution in [0.3, 0.4) is 0 Å². The monoisotopic (exact) mass is 179 g/mol. The van der Waals surface area contributed by atoms with E-state index >= 15 is 0 Å². The van der Waals surface area contributed by atoms with Crippen molar-refractivity contribution in [1.29, 1.82) is 0 Å². The molecule has 70 valence electrons. The lowest BCUT2D eigenvalue weighted by Crippen LogP contribution is -2.24. The molecule has 0 saturated heterocycles. The van der Waals surface area contributed by atoms with Gasteiger partial charge in [-0.15, -0.1) is 0 Å². The fourth-order valence-corrected chi connectivity index (χ4v) is 1.86. The quantitative estimate of drug-likeness (QED) is 0.656. The van der Waals surface area contributed by atoms with Crippen molar-refractivity contribution in [3.63, 3.8) is 0 Å². The summed E-state index contributed by atoms with van der Waals surface area (Å²) in [5.74, 6) is 0.285. The van der Waals surface area contributed by atoms with Gasteiger partial charge in [-0.25, -0.2) is 4.98 Å². The summed E-state index contributed by atoms with van der Waals surface area (Å²) in [6.45, 7) is 0. The van der Waals surface area contributed by atoms with Crippen LogP contribution in [0, 0.1) is 5.92 Å². The summed E-state index contributed by atoms with van der Waals surface area (Å²) in [4.78, 5) is 15.5. The van der Waals surface area contributed by atoms with Gasteiger partial charge in [0.05, 0.1) is 0 Å². The first-order valence-corrected chi connectivity index (χ1v) is 4.77. The molecule has 4 heteroatoms. The van der Waals surface area contributed by atoms with Gasteiger partial charge in [0.25, 0.3) is 5.91 Å². The van der Waals surface area contributed by atoms with Crippen molar-refractivity contribution in [2.24, 2.45) is 5.92 Å². The molecule has 1 aromatic rings. The predicted octanol–water partition coefficient (Wildman–Crippen LogP) is 1.50. The average molecular weight is 179 g/mol. The van der Waals surface area contributed by atoms with E-state index in [-0.39, 0.29) is 11.8 Å². The van der Waals surface area contributed by atoms with E-state index in [0.29, 0.717) is 0 Å². The molecule has 4 nitrogen and oxygen atoms in total. The van der Waals surface area contributed by atoms with Crippen LogP contribution in [0.2, 0.25) is 0 Å². The maximum absolute atomic E-state index is 11.7. The summed E-state index contributed by atoms with van der Waals surface area (Å²) >= 11 is 0. The number of aromatic nitrogens is 3. The molecule has 0 atom stereocenters. The average Bonchev–Trinajstić information content (AvgIpc) is 2.71. The highest BCUT2D eigenvalue weighted by Crippen LogP contribution is 2.24. The highest BCUT2D eigenvalue weighted by Gasteiger charge is 2.22. The first-order valence-electron chi connectivity index (χ1n) is 4.77. The zero-order valence-corrected chi connectivity index (χ0v) is 7.52. The van der Waals surface area contributed by atoms with E-state index < -0.39 is 0 Å². The lowest BCUT2D eigenvalue weighted by molar-refractivity contribution is 0.0784. The third-order valence-corrected chi connectivity index (χ3v) is 2.60. The Morgan fingerprint density at radius 3 is 2.69 bits per heavy atom. The van der Waals surface area contributed by atoms with Crippen LogP contribution in [-0.2, 0) is 0 Å². The van der Waals surface area contributed by atoms with E-state index in [9.17, 15) is 4.79 Å². The highest BCUT2D eigenvalue weighted by atomic mass is 16.2. The molecule has 0 aromatic carbocycles. The molecular formula is C9H13N3O. The Labute approximate surface area is 77.0 Å². The number of carbonyl (C=O) groups excluding carboxylic acids is 1. The summed E-state index contributed by atoms with van der Waals surface area (Å²) in [6.07, 6.45) is 8.52. The lowest BCUT2D eigenvalue weighted by Gasteiger charge is -2.19. The van der Waals surface area contributed by atoms with Crippen molar-refractivity contribution >= 4 is 5.91 Å². The molecule has 0 unspecified atom stereocenters. The normalized spacial score (nSPS) is 18.8. The minimum Gasteiger partial charge on any atom is -0.272 e. The summed E-state index contributed by atoms with van der Waals surface area (Å²) in [5, 5.41) is 3.85. The van der Waals surface area contributed by atoms with E-state index in [1.54, 1.807) is 0 Å². The first-order chi connectivity index (χ1) is 6.38. The minimum absolute atomic E-state index is 0.109. The summed E-state index contributed by atoms with van der Waals surface area (Å²) in [6, 6.07) is 0. The fourth-order valence-electron chi connectivity index (χ4n) is 1.86. The van der Waals surface area contributed by atoms with Gasteiger partial charge in [-0.1, -0.05) is 19.3 Å². The Hall–Kier alpha value is -1.19. The van der Waals surface area contributed by atoms with Gasteiger partial charge in [0.2, 0.25) is 0 Å². The molecule has 1 aliphatic carbocycles. The largest absolute Gasteiger partial charge is 0.272 e. The second-order valence-electron chi connectivity index (χ2n) is 3.51. The van der Waals surface area contributed by atoms with Crippen molar-refractivity contribution in [2.75, 3.05) is 0 Å². The molecule has 0 radical (unpaired) electrons. The maximum Gasteiger partial charge on any atom is 0.251 e. The summed E-state index contributed by atoms with van der Waals surface area (Å²) in [5.41, 5.74) is 0. The Kier molecular flexibility index (Phi) is 2.38. The van der Waals surface area contributed by atoms with Crippen LogP contribution in [0.1, 0.15) is 36.9 Å². The maximum atomic E-state index is 11.7. The van der Waals surface area contributed by atoms with Crippen LogP contribution in [-0.4, -0.2) is 20.7 Å². The van der Waals surface area contributed by atoms with Crippen molar-refractivity contribution in [1.82, 2.24) is 14.8 Å². The van der Waals surface area contributed by atoms with Gasteiger partial charge in [-0.2, -0.15) is 9.78 Å². The van der Waals surface area contributed by atoms with Gasteiger partial charge in [0.1, 0.15) is 12.7 Å². The lowest BCUT2D eigenvalue weighted by atomic mass is 9.89. The van der Waals surface area contributed by atoms with E-state index in [4.69, 9.17) is 0 Å². The molecule has 0 bridgehead atoms. The smallest absolute Gasteiger partial charge is 0.251 e. The van der Waals surface area contributed by atoms with Crippen LogP contribution in [0.5, 0.6) is 0 Å². The van der Waals surface area contributed by atoms with Crippen LogP contribution < -0.4 is 0 Å². The molecule has 0 amide bonds. The number of nitrogens with zero attached hydrogens (tertiary/aromatic N) is 3. The van der Waals surface area contributed by atoms with Gasteiger partial charge in [-0.3, -0.25) is 4.79 Å². The van der Waals surface area contributed by atoms with Crippen molar-refractivity contribution in [2.45, 2.75) is 32.1 Å². The van der Waals surface area contributed by atoms with Crippen LogP contribution in [0.4, 0.5) is 0 Å². The van der Waals surface area contributed by atoms with E-state index in [0.717, 1.165) is 12.8 Å². The molecule has 0 spiro atoms. The SMILES string of the molecule is O=C(C1CCCCC1)n1cncn1. The van der Waals surface area contributed by atoms with Crippen molar-refractivity contribution < 1.29 is 4.79 Å². The Morgan fingerprint density at radius 2 is 2.08 bits per heavy atom. The molecule has 1 fully saturated rings. The van der Waals surface area contributed by atoms with Gasteiger partial charge in [0.15, 0.2) is 0 Å². The molecule has 1 aromatic heterocycles. The minimum atomic E-state index is 0.109. The van der Waals surface area contributed by atoms with Gasteiger partial charge < -0.3 is 0 Å². The Balaban J connectivity index is 2.04. The van der Waals surface area contributed by atoms with Crippen LogP contribution in [0.15, 0.2) is 12.7 Å². The summed E-state index contributed by atoms with van der Waals surface area (Å²) in [7, 11) is 0. The number of carbonyl (C=O) groups is 1. The fraction of sp³-hybridized carbons (Fsp3) is 0.667. The molecular weight excluding hydrogens is 166 g/mol. The number of rotatable bonds is 1. The Morgan fingerprint density at radius 1 is 1.31 bits per heavy atom. The summed E-state index contributed by atoms with van der Waals surface area (Å²) < 4.78 is 1.36. The molecule has 13 heavy (non-hydrogen) atoms. The van der Waals surface area contributed by atoms with Crippen LogP contribution in [0.25, 0.3) is 0 Å². The molecule has 1 aliphatic rings. The third-order valence-electron chi connectivity index (χ3n) is 2.60. The first kappa shape index (κ1) is 8.41. The highest BCUT2D eigenvalue weighted by molar-refractivity contribution is 5.80. The van der Waals surface area contributed by atoms with Crippen LogP contribution >= 0.6 is 0 Å². The third kappa shape index (κ3) is 1.76. The molecule has 1 heterocycles. The van der Waals surface area contributed by atoms with E-state index in [1.807, 2.05) is 0 Å². The topological polar surface area (TPSA) is 47.8 Å². The molecule has 0 aliphatic heterocycles. The van der Waals surface area contributed by atoms with E-state index in [2.05, 4.69) is 10.1 Å². The zero-order chi connectivity index (χ0) is 9.10. The Bertz CT molecular complexity index is 275. The second kappa shape index (κ2) is 3.68. The molecule has 0 N–H and O–H groups in total. The molecule has 2 rings (SSSR count). The van der Waals surface area contributed by atoms with Gasteiger partial charge in [-0.05, 0) is 12.8 Å².